The van der Waals surface area contributed by atoms with Crippen LogP contribution in [0.3, 0.4) is 0 Å². The summed E-state index contributed by atoms with van der Waals surface area (Å²) in [5.41, 5.74) is 1.06. The van der Waals surface area contributed by atoms with E-state index in [0.717, 1.165) is 29.7 Å². The SMILES string of the molecule is COc1ccc(C(CC2CCN(C(=O)OC(C)(C)C)CC2)NC(=O)c2ccc(SC)cc2)cn1. The zero-order chi connectivity index (χ0) is 24.7. The van der Waals surface area contributed by atoms with Crippen LogP contribution in [0.15, 0.2) is 47.5 Å². The number of rotatable bonds is 7. The zero-order valence-electron chi connectivity index (χ0n) is 20.7. The van der Waals surface area contributed by atoms with Gasteiger partial charge < -0.3 is 19.7 Å². The quantitative estimate of drug-likeness (QED) is 0.535. The summed E-state index contributed by atoms with van der Waals surface area (Å²) in [6.07, 6.45) is 6.00. The van der Waals surface area contributed by atoms with E-state index >= 15 is 0 Å². The maximum atomic E-state index is 13.0. The summed E-state index contributed by atoms with van der Waals surface area (Å²) in [5.74, 6) is 0.789. The van der Waals surface area contributed by atoms with Gasteiger partial charge in [-0.25, -0.2) is 9.78 Å². The highest BCUT2D eigenvalue weighted by Gasteiger charge is 2.29. The molecule has 1 saturated heterocycles. The molecule has 184 valence electrons. The molecule has 0 aliphatic carbocycles. The largest absolute Gasteiger partial charge is 0.481 e. The van der Waals surface area contributed by atoms with Crippen molar-refractivity contribution in [1.82, 2.24) is 15.2 Å². The van der Waals surface area contributed by atoms with Gasteiger partial charge in [0.05, 0.1) is 13.2 Å². The lowest BCUT2D eigenvalue weighted by Gasteiger charge is -2.35. The van der Waals surface area contributed by atoms with Crippen LogP contribution < -0.4 is 10.1 Å². The number of likely N-dealkylation sites (tertiary alicyclic amines) is 1. The summed E-state index contributed by atoms with van der Waals surface area (Å²) in [7, 11) is 1.58. The van der Waals surface area contributed by atoms with Crippen molar-refractivity contribution in [3.8, 4) is 5.88 Å². The number of pyridine rings is 1. The fourth-order valence-electron chi connectivity index (χ4n) is 3.99. The molecule has 8 heteroatoms. The molecule has 2 amide bonds. The van der Waals surface area contributed by atoms with E-state index in [9.17, 15) is 9.59 Å². The summed E-state index contributed by atoms with van der Waals surface area (Å²) in [6, 6.07) is 11.2. The molecule has 2 aromatic rings. The molecule has 2 heterocycles. The molecule has 0 radical (unpaired) electrons. The highest BCUT2D eigenvalue weighted by Crippen LogP contribution is 2.30. The van der Waals surface area contributed by atoms with Crippen LogP contribution in [0, 0.1) is 5.92 Å². The Morgan fingerprint density at radius 2 is 1.82 bits per heavy atom. The first-order chi connectivity index (χ1) is 16.2. The van der Waals surface area contributed by atoms with E-state index in [4.69, 9.17) is 9.47 Å². The predicted octanol–water partition coefficient (Wildman–Crippen LogP) is 5.32. The summed E-state index contributed by atoms with van der Waals surface area (Å²) in [5, 5.41) is 3.21. The number of nitrogens with zero attached hydrogens (tertiary/aromatic N) is 2. The van der Waals surface area contributed by atoms with Crippen molar-refractivity contribution < 1.29 is 19.1 Å². The minimum atomic E-state index is -0.501. The Labute approximate surface area is 206 Å². The van der Waals surface area contributed by atoms with Gasteiger partial charge in [-0.2, -0.15) is 0 Å². The van der Waals surface area contributed by atoms with Gasteiger partial charge in [-0.15, -0.1) is 11.8 Å². The smallest absolute Gasteiger partial charge is 0.410 e. The van der Waals surface area contributed by atoms with Crippen molar-refractivity contribution in [2.45, 2.75) is 56.6 Å². The van der Waals surface area contributed by atoms with Crippen molar-refractivity contribution in [1.29, 1.82) is 0 Å². The number of hydrogen-bond acceptors (Lipinski definition) is 6. The van der Waals surface area contributed by atoms with Gasteiger partial charge >= 0.3 is 6.09 Å². The molecule has 1 N–H and O–H groups in total. The topological polar surface area (TPSA) is 80.8 Å². The molecule has 3 rings (SSSR count). The van der Waals surface area contributed by atoms with Crippen LogP contribution in [0.25, 0.3) is 0 Å². The number of benzene rings is 1. The molecule has 7 nitrogen and oxygen atoms in total. The van der Waals surface area contributed by atoms with Gasteiger partial charge in [0.25, 0.3) is 5.91 Å². The second-order valence-corrected chi connectivity index (χ2v) is 10.4. The van der Waals surface area contributed by atoms with Crippen LogP contribution >= 0.6 is 11.8 Å². The van der Waals surface area contributed by atoms with Crippen molar-refractivity contribution >= 4 is 23.8 Å². The third-order valence-corrected chi connectivity index (χ3v) is 6.61. The Hall–Kier alpha value is -2.74. The van der Waals surface area contributed by atoms with Crippen molar-refractivity contribution in [3.05, 3.63) is 53.7 Å². The average molecular weight is 486 g/mol. The van der Waals surface area contributed by atoms with Gasteiger partial charge in [-0.05, 0) is 82.0 Å². The first-order valence-electron chi connectivity index (χ1n) is 11.6. The van der Waals surface area contributed by atoms with Crippen LogP contribution in [0.1, 0.15) is 62.0 Å². The molecule has 34 heavy (non-hydrogen) atoms. The molecule has 1 unspecified atom stereocenters. The molecule has 0 saturated carbocycles. The Kier molecular flexibility index (Phi) is 8.83. The second kappa shape index (κ2) is 11.6. The standard InChI is InChI=1S/C26H35N3O4S/c1-26(2,3)33-25(31)29-14-12-18(13-15-29)16-22(20-8-11-23(32-4)27-17-20)28-24(30)19-6-9-21(34-5)10-7-19/h6-11,17-18,22H,12-16H2,1-5H3,(H,28,30). The lowest BCUT2D eigenvalue weighted by molar-refractivity contribution is 0.0178. The Bertz CT molecular complexity index is 950. The first-order valence-corrected chi connectivity index (χ1v) is 12.8. The van der Waals surface area contributed by atoms with Gasteiger partial charge in [0, 0.05) is 35.8 Å². The van der Waals surface area contributed by atoms with Gasteiger partial charge in [0.15, 0.2) is 0 Å². The number of piperidine rings is 1. The van der Waals surface area contributed by atoms with E-state index in [2.05, 4.69) is 10.3 Å². The number of ether oxygens (including phenoxy) is 2. The maximum Gasteiger partial charge on any atom is 0.410 e. The maximum absolute atomic E-state index is 13.0. The van der Waals surface area contributed by atoms with E-state index in [-0.39, 0.29) is 18.0 Å². The minimum absolute atomic E-state index is 0.111. The number of hydrogen-bond donors (Lipinski definition) is 1. The minimum Gasteiger partial charge on any atom is -0.481 e. The highest BCUT2D eigenvalue weighted by molar-refractivity contribution is 7.98. The summed E-state index contributed by atoms with van der Waals surface area (Å²) < 4.78 is 10.7. The average Bonchev–Trinajstić information content (AvgIpc) is 2.83. The molecule has 1 fully saturated rings. The van der Waals surface area contributed by atoms with Gasteiger partial charge in [0.1, 0.15) is 5.60 Å². The molecule has 1 aliphatic heterocycles. The summed E-state index contributed by atoms with van der Waals surface area (Å²) in [6.45, 7) is 6.93. The normalized spacial score (nSPS) is 15.5. The molecule has 1 aromatic carbocycles. The van der Waals surface area contributed by atoms with E-state index in [1.54, 1.807) is 30.0 Å². The van der Waals surface area contributed by atoms with Gasteiger partial charge in [-0.1, -0.05) is 6.07 Å². The number of thioether (sulfide) groups is 1. The third-order valence-electron chi connectivity index (χ3n) is 5.86. The van der Waals surface area contributed by atoms with Crippen molar-refractivity contribution in [3.63, 3.8) is 0 Å². The van der Waals surface area contributed by atoms with Crippen LogP contribution in [0.4, 0.5) is 4.79 Å². The number of nitrogens with one attached hydrogen (secondary N) is 1. The van der Waals surface area contributed by atoms with Crippen LogP contribution in [0.5, 0.6) is 5.88 Å². The summed E-state index contributed by atoms with van der Waals surface area (Å²) >= 11 is 1.64. The molecule has 0 spiro atoms. The van der Waals surface area contributed by atoms with Crippen LogP contribution in [0.2, 0.25) is 0 Å². The molecule has 0 bridgehead atoms. The van der Waals surface area contributed by atoms with E-state index in [1.165, 1.54) is 0 Å². The number of carbonyl (C=O) groups excluding carboxylic acids is 2. The summed E-state index contributed by atoms with van der Waals surface area (Å²) in [4.78, 5) is 32.7. The monoisotopic (exact) mass is 485 g/mol. The molecular weight excluding hydrogens is 450 g/mol. The fraction of sp³-hybridized carbons (Fsp3) is 0.500. The predicted molar refractivity (Wildman–Crippen MR) is 134 cm³/mol. The number of carbonyl (C=O) groups is 2. The third kappa shape index (κ3) is 7.38. The Morgan fingerprint density at radius 3 is 2.35 bits per heavy atom. The Morgan fingerprint density at radius 1 is 1.15 bits per heavy atom. The first kappa shape index (κ1) is 25.9. The lowest BCUT2D eigenvalue weighted by atomic mass is 9.88. The lowest BCUT2D eigenvalue weighted by Crippen LogP contribution is -2.42. The number of amides is 2. The van der Waals surface area contributed by atoms with Crippen LogP contribution in [-0.4, -0.2) is 53.9 Å². The van der Waals surface area contributed by atoms with Crippen molar-refractivity contribution in [2.75, 3.05) is 26.5 Å². The van der Waals surface area contributed by atoms with E-state index < -0.39 is 5.60 Å². The number of aromatic nitrogens is 1. The molecule has 1 atom stereocenters. The van der Waals surface area contributed by atoms with E-state index in [1.807, 2.05) is 63.4 Å². The Balaban J connectivity index is 1.68. The van der Waals surface area contributed by atoms with Crippen LogP contribution in [-0.2, 0) is 4.74 Å². The van der Waals surface area contributed by atoms with Gasteiger partial charge in [-0.3, -0.25) is 4.79 Å². The molecule has 1 aromatic heterocycles. The van der Waals surface area contributed by atoms with E-state index in [0.29, 0.717) is 30.5 Å². The molecular formula is C26H35N3O4S. The highest BCUT2D eigenvalue weighted by atomic mass is 32.2. The zero-order valence-corrected chi connectivity index (χ0v) is 21.5. The fourth-order valence-corrected chi connectivity index (χ4v) is 4.40. The second-order valence-electron chi connectivity index (χ2n) is 9.53. The van der Waals surface area contributed by atoms with Crippen molar-refractivity contribution in [2.24, 2.45) is 5.92 Å². The number of methoxy groups -OCH3 is 1. The van der Waals surface area contributed by atoms with Gasteiger partial charge in [0.2, 0.25) is 5.88 Å². The molecule has 1 aliphatic rings.